The fraction of sp³-hybridized carbons (Fsp3) is 0.611. The van der Waals surface area contributed by atoms with Gasteiger partial charge in [-0.05, 0) is 44.5 Å². The predicted octanol–water partition coefficient (Wildman–Crippen LogP) is 0.825. The zero-order valence-corrected chi connectivity index (χ0v) is 15.9. The van der Waals surface area contributed by atoms with Gasteiger partial charge in [-0.3, -0.25) is 4.79 Å². The summed E-state index contributed by atoms with van der Waals surface area (Å²) in [5.41, 5.74) is 0.370. The summed E-state index contributed by atoms with van der Waals surface area (Å²) in [5.74, 6) is 0.0853. The Morgan fingerprint density at radius 2 is 2.04 bits per heavy atom. The van der Waals surface area contributed by atoms with E-state index in [9.17, 15) is 13.2 Å². The van der Waals surface area contributed by atoms with Crippen LogP contribution in [0.25, 0.3) is 0 Å². The Balaban J connectivity index is 1.66. The van der Waals surface area contributed by atoms with Gasteiger partial charge in [0.2, 0.25) is 10.0 Å². The molecule has 0 radical (unpaired) electrons. The lowest BCUT2D eigenvalue weighted by Crippen LogP contribution is -2.43. The summed E-state index contributed by atoms with van der Waals surface area (Å²) in [6.45, 7) is 2.93. The first-order chi connectivity index (χ1) is 12.5. The van der Waals surface area contributed by atoms with E-state index in [0.717, 1.165) is 25.9 Å². The van der Waals surface area contributed by atoms with Gasteiger partial charge in [-0.2, -0.15) is 4.31 Å². The highest BCUT2D eigenvalue weighted by atomic mass is 32.2. The second kappa shape index (κ2) is 8.47. The number of amides is 1. The van der Waals surface area contributed by atoms with Gasteiger partial charge in [0.05, 0.1) is 11.5 Å². The molecule has 7 nitrogen and oxygen atoms in total. The molecular formula is C18H27N3O4S. The molecule has 2 aliphatic heterocycles. The first-order valence-electron chi connectivity index (χ1n) is 9.14. The lowest BCUT2D eigenvalue weighted by molar-refractivity contribution is 0.0944. The Morgan fingerprint density at radius 3 is 2.69 bits per heavy atom. The van der Waals surface area contributed by atoms with E-state index >= 15 is 0 Å². The minimum atomic E-state index is -3.57. The van der Waals surface area contributed by atoms with Gasteiger partial charge < -0.3 is 15.4 Å². The Kier molecular flexibility index (Phi) is 6.29. The average molecular weight is 381 g/mol. The Morgan fingerprint density at radius 1 is 1.27 bits per heavy atom. The van der Waals surface area contributed by atoms with Crippen LogP contribution in [0.5, 0.6) is 0 Å². The van der Waals surface area contributed by atoms with Crippen molar-refractivity contribution in [3.8, 4) is 0 Å². The van der Waals surface area contributed by atoms with E-state index < -0.39 is 10.0 Å². The van der Waals surface area contributed by atoms with Crippen LogP contribution in [0.2, 0.25) is 0 Å². The van der Waals surface area contributed by atoms with Gasteiger partial charge in [0.1, 0.15) is 0 Å². The molecule has 8 heteroatoms. The predicted molar refractivity (Wildman–Crippen MR) is 98.5 cm³/mol. The molecule has 2 aliphatic rings. The van der Waals surface area contributed by atoms with Crippen LogP contribution in [0.15, 0.2) is 29.2 Å². The van der Waals surface area contributed by atoms with Crippen molar-refractivity contribution in [1.29, 1.82) is 0 Å². The Hall–Kier alpha value is -1.48. The smallest absolute Gasteiger partial charge is 0.251 e. The number of hydrogen-bond donors (Lipinski definition) is 2. The fourth-order valence-electron chi connectivity index (χ4n) is 3.42. The zero-order valence-electron chi connectivity index (χ0n) is 15.1. The summed E-state index contributed by atoms with van der Waals surface area (Å²) < 4.78 is 32.6. The normalized spacial score (nSPS) is 22.4. The van der Waals surface area contributed by atoms with E-state index in [4.69, 9.17) is 4.74 Å². The van der Waals surface area contributed by atoms with Crippen LogP contribution in [0.3, 0.4) is 0 Å². The molecule has 2 fully saturated rings. The molecule has 1 aromatic rings. The highest BCUT2D eigenvalue weighted by molar-refractivity contribution is 7.89. The number of nitrogens with zero attached hydrogens (tertiary/aromatic N) is 1. The molecule has 1 amide bonds. The molecular weight excluding hydrogens is 354 g/mol. The second-order valence-corrected chi connectivity index (χ2v) is 8.87. The number of benzene rings is 1. The van der Waals surface area contributed by atoms with E-state index in [1.807, 2.05) is 7.05 Å². The van der Waals surface area contributed by atoms with Crippen LogP contribution in [0.4, 0.5) is 0 Å². The molecule has 0 aliphatic carbocycles. The van der Waals surface area contributed by atoms with Crippen LogP contribution in [0, 0.1) is 5.92 Å². The Bertz CT molecular complexity index is 724. The molecule has 2 N–H and O–H groups in total. The maximum atomic E-state index is 12.9. The van der Waals surface area contributed by atoms with Crippen molar-refractivity contribution >= 4 is 15.9 Å². The largest absolute Gasteiger partial charge is 0.381 e. The van der Waals surface area contributed by atoms with E-state index in [-0.39, 0.29) is 10.8 Å². The summed E-state index contributed by atoms with van der Waals surface area (Å²) in [7, 11) is -1.68. The van der Waals surface area contributed by atoms with Crippen molar-refractivity contribution in [3.05, 3.63) is 29.8 Å². The maximum Gasteiger partial charge on any atom is 0.251 e. The molecule has 3 rings (SSSR count). The number of sulfonamides is 1. The fourth-order valence-corrected chi connectivity index (χ4v) is 4.93. The van der Waals surface area contributed by atoms with Crippen LogP contribution in [-0.4, -0.2) is 64.6 Å². The number of piperidine rings is 1. The van der Waals surface area contributed by atoms with Crippen molar-refractivity contribution in [2.24, 2.45) is 5.92 Å². The first kappa shape index (κ1) is 19.3. The second-order valence-electron chi connectivity index (χ2n) is 6.93. The molecule has 0 saturated carbocycles. The first-order valence-corrected chi connectivity index (χ1v) is 10.6. The van der Waals surface area contributed by atoms with Crippen LogP contribution in [0.1, 0.15) is 29.6 Å². The number of rotatable bonds is 6. The lowest BCUT2D eigenvalue weighted by Gasteiger charge is -2.31. The highest BCUT2D eigenvalue weighted by Crippen LogP contribution is 2.21. The van der Waals surface area contributed by atoms with Gasteiger partial charge in [-0.1, -0.05) is 6.07 Å². The van der Waals surface area contributed by atoms with Gasteiger partial charge in [0.15, 0.2) is 0 Å². The number of ether oxygens (including phenoxy) is 1. The minimum Gasteiger partial charge on any atom is -0.381 e. The van der Waals surface area contributed by atoms with Crippen molar-refractivity contribution in [2.75, 3.05) is 39.9 Å². The van der Waals surface area contributed by atoms with E-state index in [1.165, 1.54) is 10.4 Å². The van der Waals surface area contributed by atoms with Crippen LogP contribution in [-0.2, 0) is 14.8 Å². The molecule has 26 heavy (non-hydrogen) atoms. The average Bonchev–Trinajstić information content (AvgIpc) is 3.20. The molecule has 0 bridgehead atoms. The SMILES string of the molecule is CNC1CCN(S(=O)(=O)c2cccc(C(=O)NC[C@H]3CCOC3)c2)CC1. The highest BCUT2D eigenvalue weighted by Gasteiger charge is 2.29. The molecule has 2 heterocycles. The third kappa shape index (κ3) is 4.43. The third-order valence-electron chi connectivity index (χ3n) is 5.17. The number of nitrogens with one attached hydrogen (secondary N) is 2. The summed E-state index contributed by atoms with van der Waals surface area (Å²) in [6.07, 6.45) is 2.52. The lowest BCUT2D eigenvalue weighted by atomic mass is 10.1. The monoisotopic (exact) mass is 381 g/mol. The van der Waals surface area contributed by atoms with Crippen molar-refractivity contribution in [2.45, 2.75) is 30.2 Å². The maximum absolute atomic E-state index is 12.9. The number of carbonyl (C=O) groups excluding carboxylic acids is 1. The number of hydrogen-bond acceptors (Lipinski definition) is 5. The van der Waals surface area contributed by atoms with Crippen molar-refractivity contribution < 1.29 is 17.9 Å². The quantitative estimate of drug-likeness (QED) is 0.762. The van der Waals surface area contributed by atoms with Crippen LogP contribution >= 0.6 is 0 Å². The molecule has 1 aromatic carbocycles. The topological polar surface area (TPSA) is 87.7 Å². The molecule has 144 valence electrons. The van der Waals surface area contributed by atoms with Gasteiger partial charge >= 0.3 is 0 Å². The summed E-state index contributed by atoms with van der Waals surface area (Å²) >= 11 is 0. The van der Waals surface area contributed by atoms with Crippen LogP contribution < -0.4 is 10.6 Å². The van der Waals surface area contributed by atoms with Crippen molar-refractivity contribution in [1.82, 2.24) is 14.9 Å². The standard InChI is InChI=1S/C18H27N3O4S/c1-19-16-5-8-21(9-6-16)26(23,24)17-4-2-3-15(11-17)18(22)20-12-14-7-10-25-13-14/h2-4,11,14,16,19H,5-10,12-13H2,1H3,(H,20,22)/t14-/m1/s1. The van der Waals surface area contributed by atoms with E-state index in [2.05, 4.69) is 10.6 Å². The zero-order chi connectivity index (χ0) is 18.6. The summed E-state index contributed by atoms with van der Waals surface area (Å²) in [6, 6.07) is 6.66. The summed E-state index contributed by atoms with van der Waals surface area (Å²) in [5, 5.41) is 6.07. The van der Waals surface area contributed by atoms with Gasteiger partial charge in [0, 0.05) is 43.8 Å². The molecule has 0 spiro atoms. The van der Waals surface area contributed by atoms with Gasteiger partial charge in [-0.25, -0.2) is 8.42 Å². The van der Waals surface area contributed by atoms with E-state index in [0.29, 0.717) is 43.8 Å². The molecule has 0 unspecified atom stereocenters. The summed E-state index contributed by atoms with van der Waals surface area (Å²) in [4.78, 5) is 12.5. The van der Waals surface area contributed by atoms with Gasteiger partial charge in [-0.15, -0.1) is 0 Å². The van der Waals surface area contributed by atoms with Gasteiger partial charge in [0.25, 0.3) is 5.91 Å². The third-order valence-corrected chi connectivity index (χ3v) is 7.07. The molecule has 0 aromatic heterocycles. The van der Waals surface area contributed by atoms with Crippen molar-refractivity contribution in [3.63, 3.8) is 0 Å². The number of carbonyl (C=O) groups is 1. The van der Waals surface area contributed by atoms with E-state index in [1.54, 1.807) is 18.2 Å². The minimum absolute atomic E-state index is 0.178. The molecule has 1 atom stereocenters. The Labute approximate surface area is 155 Å². The molecule has 2 saturated heterocycles.